The molecule has 0 unspecified atom stereocenters. The molecule has 2 aromatic rings. The number of hydrogen-bond donors (Lipinski definition) is 1. The van der Waals surface area contributed by atoms with E-state index < -0.39 is 0 Å². The quantitative estimate of drug-likeness (QED) is 0.768. The van der Waals surface area contributed by atoms with Crippen molar-refractivity contribution in [2.24, 2.45) is 0 Å². The minimum Gasteiger partial charge on any atom is -0.494 e. The normalized spacial score (nSPS) is 10.2. The zero-order valence-corrected chi connectivity index (χ0v) is 13.9. The molecule has 0 saturated heterocycles. The fourth-order valence-corrected chi connectivity index (χ4v) is 2.25. The van der Waals surface area contributed by atoms with E-state index in [2.05, 4.69) is 0 Å². The van der Waals surface area contributed by atoms with Gasteiger partial charge in [0.05, 0.1) is 13.2 Å². The Morgan fingerprint density at radius 1 is 1.00 bits per heavy atom. The lowest BCUT2D eigenvalue weighted by atomic mass is 10.2. The summed E-state index contributed by atoms with van der Waals surface area (Å²) < 4.78 is 10.9. The molecule has 1 N–H and O–H groups in total. The summed E-state index contributed by atoms with van der Waals surface area (Å²) >= 11 is 0. The fraction of sp³-hybridized carbons (Fsp3) is 0.316. The van der Waals surface area contributed by atoms with Crippen LogP contribution in [-0.4, -0.2) is 42.3 Å². The molecule has 2 aromatic carbocycles. The Labute approximate surface area is 142 Å². The number of nitrogens with zero attached hydrogens (tertiary/aromatic N) is 1. The largest absolute Gasteiger partial charge is 0.494 e. The van der Waals surface area contributed by atoms with Crippen molar-refractivity contribution in [3.63, 3.8) is 0 Å². The second-order valence-corrected chi connectivity index (χ2v) is 5.22. The molecule has 0 spiro atoms. The average molecular weight is 329 g/mol. The summed E-state index contributed by atoms with van der Waals surface area (Å²) in [5.41, 5.74) is 1.01. The molecule has 0 aliphatic heterocycles. The molecule has 2 rings (SSSR count). The van der Waals surface area contributed by atoms with E-state index in [1.807, 2.05) is 37.3 Å². The number of hydrogen-bond acceptors (Lipinski definition) is 4. The van der Waals surface area contributed by atoms with Crippen LogP contribution in [0.1, 0.15) is 12.5 Å². The number of aliphatic hydroxyl groups excluding tert-OH is 1. The number of aliphatic hydroxyl groups is 1. The highest BCUT2D eigenvalue weighted by atomic mass is 16.5. The van der Waals surface area contributed by atoms with Crippen LogP contribution in [0.3, 0.4) is 0 Å². The molecule has 128 valence electrons. The van der Waals surface area contributed by atoms with Crippen LogP contribution in [0.15, 0.2) is 54.6 Å². The molecule has 0 aliphatic rings. The number of rotatable bonds is 9. The Bertz CT molecular complexity index is 613. The van der Waals surface area contributed by atoms with Gasteiger partial charge in [-0.15, -0.1) is 0 Å². The Morgan fingerprint density at radius 2 is 1.62 bits per heavy atom. The van der Waals surface area contributed by atoms with Gasteiger partial charge in [-0.1, -0.05) is 30.3 Å². The van der Waals surface area contributed by atoms with E-state index in [0.717, 1.165) is 11.3 Å². The maximum absolute atomic E-state index is 12.3. The topological polar surface area (TPSA) is 59.0 Å². The molecular weight excluding hydrogens is 306 g/mol. The molecule has 0 bridgehead atoms. The zero-order valence-electron chi connectivity index (χ0n) is 13.9. The van der Waals surface area contributed by atoms with Crippen LogP contribution in [-0.2, 0) is 11.3 Å². The summed E-state index contributed by atoms with van der Waals surface area (Å²) in [6.07, 6.45) is 0. The third-order valence-electron chi connectivity index (χ3n) is 3.44. The van der Waals surface area contributed by atoms with Crippen molar-refractivity contribution in [2.75, 3.05) is 26.4 Å². The Morgan fingerprint density at radius 3 is 2.21 bits per heavy atom. The molecule has 5 heteroatoms. The first kappa shape index (κ1) is 17.8. The zero-order chi connectivity index (χ0) is 17.2. The van der Waals surface area contributed by atoms with Gasteiger partial charge in [-0.25, -0.2) is 0 Å². The molecule has 0 heterocycles. The van der Waals surface area contributed by atoms with Crippen molar-refractivity contribution in [1.29, 1.82) is 0 Å². The fourth-order valence-electron chi connectivity index (χ4n) is 2.25. The molecule has 24 heavy (non-hydrogen) atoms. The van der Waals surface area contributed by atoms with Crippen LogP contribution < -0.4 is 9.47 Å². The number of ether oxygens (including phenoxy) is 2. The van der Waals surface area contributed by atoms with E-state index in [9.17, 15) is 9.90 Å². The third kappa shape index (κ3) is 5.59. The van der Waals surface area contributed by atoms with Gasteiger partial charge in [0.1, 0.15) is 11.5 Å². The van der Waals surface area contributed by atoms with Crippen molar-refractivity contribution in [1.82, 2.24) is 4.90 Å². The van der Waals surface area contributed by atoms with Crippen LogP contribution in [0, 0.1) is 0 Å². The van der Waals surface area contributed by atoms with Crippen molar-refractivity contribution in [3.8, 4) is 11.5 Å². The Kier molecular flexibility index (Phi) is 7.11. The van der Waals surface area contributed by atoms with Gasteiger partial charge in [0, 0.05) is 13.1 Å². The van der Waals surface area contributed by atoms with Gasteiger partial charge in [-0.3, -0.25) is 4.79 Å². The van der Waals surface area contributed by atoms with Gasteiger partial charge in [-0.05, 0) is 36.8 Å². The summed E-state index contributed by atoms with van der Waals surface area (Å²) in [5, 5.41) is 9.18. The van der Waals surface area contributed by atoms with Crippen molar-refractivity contribution < 1.29 is 19.4 Å². The van der Waals surface area contributed by atoms with Gasteiger partial charge in [0.15, 0.2) is 6.61 Å². The lowest BCUT2D eigenvalue weighted by molar-refractivity contribution is -0.134. The Balaban J connectivity index is 1.90. The first-order chi connectivity index (χ1) is 11.7. The van der Waals surface area contributed by atoms with E-state index in [4.69, 9.17) is 9.47 Å². The first-order valence-electron chi connectivity index (χ1n) is 8.01. The molecule has 1 amide bonds. The van der Waals surface area contributed by atoms with Crippen molar-refractivity contribution in [3.05, 3.63) is 60.2 Å². The van der Waals surface area contributed by atoms with Crippen LogP contribution >= 0.6 is 0 Å². The van der Waals surface area contributed by atoms with Crippen LogP contribution in [0.2, 0.25) is 0 Å². The summed E-state index contributed by atoms with van der Waals surface area (Å²) in [6.45, 7) is 3.11. The summed E-state index contributed by atoms with van der Waals surface area (Å²) in [5.74, 6) is 1.21. The Hall–Kier alpha value is -2.53. The predicted molar refractivity (Wildman–Crippen MR) is 92.1 cm³/mol. The van der Waals surface area contributed by atoms with E-state index >= 15 is 0 Å². The minimum atomic E-state index is -0.165. The first-order valence-corrected chi connectivity index (χ1v) is 8.01. The average Bonchev–Trinajstić information content (AvgIpc) is 2.62. The summed E-state index contributed by atoms with van der Waals surface area (Å²) in [6, 6.07) is 16.8. The minimum absolute atomic E-state index is 0.0686. The van der Waals surface area contributed by atoms with E-state index in [-0.39, 0.29) is 25.7 Å². The molecule has 0 aromatic heterocycles. The third-order valence-corrected chi connectivity index (χ3v) is 3.44. The number of benzene rings is 2. The number of amides is 1. The highest BCUT2D eigenvalue weighted by Gasteiger charge is 2.14. The van der Waals surface area contributed by atoms with Crippen LogP contribution in [0.25, 0.3) is 0 Å². The summed E-state index contributed by atoms with van der Waals surface area (Å²) in [4.78, 5) is 13.9. The molecule has 5 nitrogen and oxygen atoms in total. The van der Waals surface area contributed by atoms with E-state index in [0.29, 0.717) is 18.9 Å². The van der Waals surface area contributed by atoms with Gasteiger partial charge in [-0.2, -0.15) is 0 Å². The lowest BCUT2D eigenvalue weighted by Gasteiger charge is -2.22. The molecule has 0 aliphatic carbocycles. The lowest BCUT2D eigenvalue weighted by Crippen LogP contribution is -2.36. The maximum atomic E-state index is 12.3. The second-order valence-electron chi connectivity index (χ2n) is 5.22. The van der Waals surface area contributed by atoms with E-state index in [1.165, 1.54) is 0 Å². The smallest absolute Gasteiger partial charge is 0.260 e. The van der Waals surface area contributed by atoms with Gasteiger partial charge < -0.3 is 19.5 Å². The molecule has 0 fully saturated rings. The SMILES string of the molecule is CCOc1ccc(OCC(=O)N(CCO)Cc2ccccc2)cc1. The second kappa shape index (κ2) is 9.57. The van der Waals surface area contributed by atoms with Crippen LogP contribution in [0.4, 0.5) is 0 Å². The number of carbonyl (C=O) groups excluding carboxylic acids is 1. The van der Waals surface area contributed by atoms with Crippen molar-refractivity contribution >= 4 is 5.91 Å². The van der Waals surface area contributed by atoms with E-state index in [1.54, 1.807) is 29.2 Å². The standard InChI is InChI=1S/C19H23NO4/c1-2-23-17-8-10-18(11-9-17)24-15-19(22)20(12-13-21)14-16-6-4-3-5-7-16/h3-11,21H,2,12-15H2,1H3. The van der Waals surface area contributed by atoms with Crippen molar-refractivity contribution in [2.45, 2.75) is 13.5 Å². The van der Waals surface area contributed by atoms with Gasteiger partial charge in [0.2, 0.25) is 0 Å². The molecular formula is C19H23NO4. The predicted octanol–water partition coefficient (Wildman–Crippen LogP) is 2.49. The monoisotopic (exact) mass is 329 g/mol. The molecule has 0 saturated carbocycles. The highest BCUT2D eigenvalue weighted by molar-refractivity contribution is 5.77. The van der Waals surface area contributed by atoms with Gasteiger partial charge in [0.25, 0.3) is 5.91 Å². The maximum Gasteiger partial charge on any atom is 0.260 e. The molecule has 0 atom stereocenters. The van der Waals surface area contributed by atoms with Crippen LogP contribution in [0.5, 0.6) is 11.5 Å². The highest BCUT2D eigenvalue weighted by Crippen LogP contribution is 2.17. The summed E-state index contributed by atoms with van der Waals surface area (Å²) in [7, 11) is 0. The number of carbonyl (C=O) groups is 1. The molecule has 0 radical (unpaired) electrons. The van der Waals surface area contributed by atoms with Gasteiger partial charge >= 0.3 is 0 Å².